The fourth-order valence-electron chi connectivity index (χ4n) is 3.15. The Morgan fingerprint density at radius 3 is 2.06 bits per heavy atom. The smallest absolute Gasteiger partial charge is 0.00693 e. The first-order chi connectivity index (χ1) is 7.41. The van der Waals surface area contributed by atoms with Gasteiger partial charge in [-0.3, -0.25) is 0 Å². The van der Waals surface area contributed by atoms with Crippen molar-refractivity contribution >= 4 is 0 Å². The van der Waals surface area contributed by atoms with E-state index in [0.717, 1.165) is 23.7 Å². The molecular formula is C15H31N. The molecule has 96 valence electrons. The van der Waals surface area contributed by atoms with Crippen LogP contribution in [0.25, 0.3) is 0 Å². The number of nitrogens with one attached hydrogen (secondary N) is 1. The Balaban J connectivity index is 2.44. The van der Waals surface area contributed by atoms with Crippen molar-refractivity contribution in [3.8, 4) is 0 Å². The molecule has 0 aliphatic heterocycles. The molecule has 1 fully saturated rings. The number of rotatable bonds is 4. The van der Waals surface area contributed by atoms with E-state index in [4.69, 9.17) is 0 Å². The molecule has 0 saturated heterocycles. The van der Waals surface area contributed by atoms with Gasteiger partial charge in [0.05, 0.1) is 0 Å². The maximum atomic E-state index is 3.67. The van der Waals surface area contributed by atoms with E-state index < -0.39 is 0 Å². The van der Waals surface area contributed by atoms with Crippen LogP contribution in [0.2, 0.25) is 0 Å². The summed E-state index contributed by atoms with van der Waals surface area (Å²) in [7, 11) is 0. The predicted octanol–water partition coefficient (Wildman–Crippen LogP) is 4.08. The Kier molecular flexibility index (Phi) is 5.30. The van der Waals surface area contributed by atoms with Crippen molar-refractivity contribution in [2.24, 2.45) is 23.7 Å². The lowest BCUT2D eigenvalue weighted by Gasteiger charge is -2.38. The summed E-state index contributed by atoms with van der Waals surface area (Å²) in [5.74, 6) is 3.62. The van der Waals surface area contributed by atoms with Gasteiger partial charge in [0.2, 0.25) is 0 Å². The van der Waals surface area contributed by atoms with Crippen LogP contribution in [0, 0.1) is 23.7 Å². The van der Waals surface area contributed by atoms with Gasteiger partial charge in [0.25, 0.3) is 0 Å². The van der Waals surface area contributed by atoms with Crippen molar-refractivity contribution < 1.29 is 0 Å². The van der Waals surface area contributed by atoms with Gasteiger partial charge in [0.1, 0.15) is 0 Å². The monoisotopic (exact) mass is 225 g/mol. The molecule has 1 saturated carbocycles. The minimum absolute atomic E-state index is 0.609. The zero-order chi connectivity index (χ0) is 12.3. The molecule has 0 spiro atoms. The van der Waals surface area contributed by atoms with E-state index in [2.05, 4.69) is 46.9 Å². The summed E-state index contributed by atoms with van der Waals surface area (Å²) >= 11 is 0. The van der Waals surface area contributed by atoms with Crippen LogP contribution in [-0.2, 0) is 0 Å². The van der Waals surface area contributed by atoms with E-state index in [0.29, 0.717) is 12.1 Å². The summed E-state index contributed by atoms with van der Waals surface area (Å²) in [4.78, 5) is 0. The number of hydrogen-bond acceptors (Lipinski definition) is 1. The second-order valence-corrected chi connectivity index (χ2v) is 6.50. The lowest BCUT2D eigenvalue weighted by atomic mass is 9.70. The first kappa shape index (κ1) is 14.0. The zero-order valence-electron chi connectivity index (χ0n) is 12.1. The Hall–Kier alpha value is -0.0400. The normalized spacial score (nSPS) is 35.1. The lowest BCUT2D eigenvalue weighted by Crippen LogP contribution is -2.41. The molecule has 5 atom stereocenters. The molecule has 1 nitrogen and oxygen atoms in total. The Labute approximate surface area is 102 Å². The molecule has 16 heavy (non-hydrogen) atoms. The minimum Gasteiger partial charge on any atom is -0.312 e. The first-order valence-electron chi connectivity index (χ1n) is 7.17. The standard InChI is InChI=1S/C15H31N/c1-10(2)16-14(6)13(5)15-8-7-11(3)12(4)9-15/h10-16H,7-9H2,1-6H3. The third-order valence-electron chi connectivity index (χ3n) is 4.77. The van der Waals surface area contributed by atoms with Crippen LogP contribution >= 0.6 is 0 Å². The molecule has 0 aromatic carbocycles. The van der Waals surface area contributed by atoms with Crippen LogP contribution in [-0.4, -0.2) is 12.1 Å². The van der Waals surface area contributed by atoms with Crippen LogP contribution in [0.15, 0.2) is 0 Å². The van der Waals surface area contributed by atoms with E-state index in [1.54, 1.807) is 0 Å². The Bertz CT molecular complexity index is 200. The first-order valence-corrected chi connectivity index (χ1v) is 7.17. The van der Waals surface area contributed by atoms with Gasteiger partial charge in [-0.25, -0.2) is 0 Å². The predicted molar refractivity (Wildman–Crippen MR) is 72.6 cm³/mol. The number of hydrogen-bond donors (Lipinski definition) is 1. The summed E-state index contributed by atoms with van der Waals surface area (Å²) in [5, 5.41) is 3.67. The Morgan fingerprint density at radius 1 is 0.938 bits per heavy atom. The summed E-state index contributed by atoms with van der Waals surface area (Å²) in [6, 6.07) is 1.27. The van der Waals surface area contributed by atoms with E-state index >= 15 is 0 Å². The topological polar surface area (TPSA) is 12.0 Å². The largest absolute Gasteiger partial charge is 0.312 e. The van der Waals surface area contributed by atoms with Crippen molar-refractivity contribution in [2.45, 2.75) is 72.9 Å². The van der Waals surface area contributed by atoms with Gasteiger partial charge in [0.15, 0.2) is 0 Å². The minimum atomic E-state index is 0.609. The average Bonchev–Trinajstić information content (AvgIpc) is 2.20. The van der Waals surface area contributed by atoms with Crippen LogP contribution in [0.5, 0.6) is 0 Å². The van der Waals surface area contributed by atoms with Crippen LogP contribution in [0.3, 0.4) is 0 Å². The van der Waals surface area contributed by atoms with E-state index in [1.807, 2.05) is 0 Å². The summed E-state index contributed by atoms with van der Waals surface area (Å²) in [6.07, 6.45) is 4.31. The quantitative estimate of drug-likeness (QED) is 0.760. The van der Waals surface area contributed by atoms with Crippen molar-refractivity contribution in [3.63, 3.8) is 0 Å². The Morgan fingerprint density at radius 2 is 1.56 bits per heavy atom. The van der Waals surface area contributed by atoms with Gasteiger partial charge in [-0.15, -0.1) is 0 Å². The molecular weight excluding hydrogens is 194 g/mol. The van der Waals surface area contributed by atoms with Crippen LogP contribution < -0.4 is 5.32 Å². The third-order valence-corrected chi connectivity index (χ3v) is 4.77. The maximum absolute atomic E-state index is 3.67. The molecule has 0 aromatic heterocycles. The SMILES string of the molecule is CC(C)NC(C)C(C)C1CCC(C)C(C)C1. The van der Waals surface area contributed by atoms with Gasteiger partial charge in [0, 0.05) is 12.1 Å². The third kappa shape index (κ3) is 3.76. The van der Waals surface area contributed by atoms with Gasteiger partial charge < -0.3 is 5.32 Å². The second-order valence-electron chi connectivity index (χ2n) is 6.50. The molecule has 0 radical (unpaired) electrons. The highest BCUT2D eigenvalue weighted by Crippen LogP contribution is 2.38. The average molecular weight is 225 g/mol. The van der Waals surface area contributed by atoms with Gasteiger partial charge in [-0.1, -0.05) is 41.0 Å². The summed E-state index contributed by atoms with van der Waals surface area (Å²) in [5.41, 5.74) is 0. The van der Waals surface area contributed by atoms with E-state index in [1.165, 1.54) is 19.3 Å². The van der Waals surface area contributed by atoms with Gasteiger partial charge in [-0.05, 0) is 43.4 Å². The highest BCUT2D eigenvalue weighted by molar-refractivity contribution is 4.83. The van der Waals surface area contributed by atoms with Crippen molar-refractivity contribution in [1.29, 1.82) is 0 Å². The molecule has 5 unspecified atom stereocenters. The van der Waals surface area contributed by atoms with E-state index in [9.17, 15) is 0 Å². The molecule has 0 bridgehead atoms. The summed E-state index contributed by atoms with van der Waals surface area (Å²) < 4.78 is 0. The molecule has 0 amide bonds. The highest BCUT2D eigenvalue weighted by Gasteiger charge is 2.30. The summed E-state index contributed by atoms with van der Waals surface area (Å²) in [6.45, 7) is 14.1. The zero-order valence-corrected chi connectivity index (χ0v) is 12.1. The molecule has 0 aromatic rings. The van der Waals surface area contributed by atoms with E-state index in [-0.39, 0.29) is 0 Å². The fourth-order valence-corrected chi connectivity index (χ4v) is 3.15. The van der Waals surface area contributed by atoms with Crippen molar-refractivity contribution in [3.05, 3.63) is 0 Å². The maximum Gasteiger partial charge on any atom is 0.00693 e. The molecule has 0 heterocycles. The molecule has 1 aliphatic carbocycles. The van der Waals surface area contributed by atoms with Crippen molar-refractivity contribution in [2.75, 3.05) is 0 Å². The molecule has 1 aliphatic rings. The lowest BCUT2D eigenvalue weighted by molar-refractivity contribution is 0.141. The second kappa shape index (κ2) is 6.05. The molecule has 1 rings (SSSR count). The van der Waals surface area contributed by atoms with Gasteiger partial charge in [-0.2, -0.15) is 0 Å². The highest BCUT2D eigenvalue weighted by atomic mass is 14.9. The molecule has 1 heteroatoms. The van der Waals surface area contributed by atoms with Crippen LogP contribution in [0.4, 0.5) is 0 Å². The fraction of sp³-hybridized carbons (Fsp3) is 1.00. The van der Waals surface area contributed by atoms with Crippen LogP contribution in [0.1, 0.15) is 60.8 Å². The van der Waals surface area contributed by atoms with Gasteiger partial charge >= 0.3 is 0 Å². The molecule has 1 N–H and O–H groups in total. The van der Waals surface area contributed by atoms with Crippen molar-refractivity contribution in [1.82, 2.24) is 5.32 Å².